The van der Waals surface area contributed by atoms with E-state index in [4.69, 9.17) is 4.42 Å². The van der Waals surface area contributed by atoms with Crippen LogP contribution in [0.15, 0.2) is 53.4 Å². The lowest BCUT2D eigenvalue weighted by Crippen LogP contribution is -2.49. The molecule has 0 atom stereocenters. The van der Waals surface area contributed by atoms with Gasteiger partial charge in [0.25, 0.3) is 5.91 Å². The van der Waals surface area contributed by atoms with Crippen LogP contribution in [0, 0.1) is 13.8 Å². The molecule has 0 bridgehead atoms. The number of nitrogens with zero attached hydrogens (tertiary/aromatic N) is 4. The molecule has 0 aliphatic carbocycles. The van der Waals surface area contributed by atoms with E-state index >= 15 is 0 Å². The highest BCUT2D eigenvalue weighted by atomic mass is 16.3. The van der Waals surface area contributed by atoms with Crippen molar-refractivity contribution >= 4 is 23.2 Å². The Morgan fingerprint density at radius 3 is 2.61 bits per heavy atom. The van der Waals surface area contributed by atoms with Gasteiger partial charge in [0.1, 0.15) is 18.0 Å². The third kappa shape index (κ3) is 3.83. The fourth-order valence-electron chi connectivity index (χ4n) is 3.37. The van der Waals surface area contributed by atoms with Crippen LogP contribution in [-0.4, -0.2) is 47.0 Å². The van der Waals surface area contributed by atoms with Crippen molar-refractivity contribution in [3.8, 4) is 0 Å². The van der Waals surface area contributed by atoms with Gasteiger partial charge in [-0.3, -0.25) is 4.79 Å². The van der Waals surface area contributed by atoms with Crippen molar-refractivity contribution < 1.29 is 9.21 Å². The van der Waals surface area contributed by atoms with Gasteiger partial charge in [0.2, 0.25) is 0 Å². The Kier molecular flexibility index (Phi) is 4.97. The minimum Gasteiger partial charge on any atom is -0.459 e. The van der Waals surface area contributed by atoms with Crippen molar-refractivity contribution in [3.63, 3.8) is 0 Å². The van der Waals surface area contributed by atoms with Gasteiger partial charge < -0.3 is 19.5 Å². The molecular formula is C21H23N5O2. The Balaban J connectivity index is 1.42. The molecule has 7 heteroatoms. The van der Waals surface area contributed by atoms with Gasteiger partial charge in [0.05, 0.1) is 6.26 Å². The number of carbonyl (C=O) groups is 1. The lowest BCUT2D eigenvalue weighted by molar-refractivity contribution is 0.0714. The highest BCUT2D eigenvalue weighted by Crippen LogP contribution is 2.23. The molecule has 28 heavy (non-hydrogen) atoms. The van der Waals surface area contributed by atoms with Crippen molar-refractivity contribution in [2.45, 2.75) is 13.8 Å². The lowest BCUT2D eigenvalue weighted by atomic mass is 10.1. The van der Waals surface area contributed by atoms with Crippen LogP contribution in [0.1, 0.15) is 21.7 Å². The van der Waals surface area contributed by atoms with E-state index in [0.29, 0.717) is 31.9 Å². The van der Waals surface area contributed by atoms with Crippen LogP contribution in [0.5, 0.6) is 0 Å². The molecule has 3 heterocycles. The summed E-state index contributed by atoms with van der Waals surface area (Å²) in [5.74, 6) is 1.93. The number of aromatic nitrogens is 2. The fraction of sp³-hybridized carbons (Fsp3) is 0.286. The Labute approximate surface area is 164 Å². The van der Waals surface area contributed by atoms with Crippen molar-refractivity contribution in [2.75, 3.05) is 36.4 Å². The molecule has 1 fully saturated rings. The number of piperazine rings is 1. The van der Waals surface area contributed by atoms with Gasteiger partial charge in [-0.05, 0) is 37.6 Å². The molecule has 0 unspecified atom stereocenters. The average Bonchev–Trinajstić information content (AvgIpc) is 3.25. The van der Waals surface area contributed by atoms with Gasteiger partial charge in [0, 0.05) is 37.9 Å². The summed E-state index contributed by atoms with van der Waals surface area (Å²) in [6, 6.07) is 11.7. The molecule has 1 amide bonds. The van der Waals surface area contributed by atoms with Crippen molar-refractivity contribution in [1.82, 2.24) is 14.9 Å². The van der Waals surface area contributed by atoms with Crippen LogP contribution in [0.2, 0.25) is 0 Å². The van der Waals surface area contributed by atoms with E-state index in [2.05, 4.69) is 52.2 Å². The van der Waals surface area contributed by atoms with Crippen LogP contribution < -0.4 is 10.2 Å². The quantitative estimate of drug-likeness (QED) is 0.751. The lowest BCUT2D eigenvalue weighted by Gasteiger charge is -2.35. The molecule has 3 aromatic rings. The number of furan rings is 1. The van der Waals surface area contributed by atoms with E-state index in [0.717, 1.165) is 17.3 Å². The zero-order chi connectivity index (χ0) is 19.5. The summed E-state index contributed by atoms with van der Waals surface area (Å²) in [6.07, 6.45) is 3.09. The maximum atomic E-state index is 12.4. The van der Waals surface area contributed by atoms with Gasteiger partial charge in [-0.25, -0.2) is 9.97 Å². The van der Waals surface area contributed by atoms with Crippen LogP contribution >= 0.6 is 0 Å². The molecule has 1 N–H and O–H groups in total. The zero-order valence-electron chi connectivity index (χ0n) is 16.1. The van der Waals surface area contributed by atoms with Gasteiger partial charge in [-0.2, -0.15) is 0 Å². The van der Waals surface area contributed by atoms with Gasteiger partial charge in [0.15, 0.2) is 5.76 Å². The summed E-state index contributed by atoms with van der Waals surface area (Å²) >= 11 is 0. The highest BCUT2D eigenvalue weighted by molar-refractivity contribution is 5.91. The van der Waals surface area contributed by atoms with Crippen molar-refractivity contribution in [1.29, 1.82) is 0 Å². The van der Waals surface area contributed by atoms with E-state index in [1.807, 2.05) is 11.0 Å². The number of anilines is 3. The number of rotatable bonds is 4. The molecule has 0 spiro atoms. The second-order valence-corrected chi connectivity index (χ2v) is 6.96. The van der Waals surface area contributed by atoms with Crippen LogP contribution in [0.3, 0.4) is 0 Å². The minimum absolute atomic E-state index is 0.0652. The topological polar surface area (TPSA) is 74.5 Å². The van der Waals surface area contributed by atoms with E-state index in [-0.39, 0.29) is 5.91 Å². The normalized spacial score (nSPS) is 14.2. The molecule has 1 aliphatic rings. The van der Waals surface area contributed by atoms with Crippen LogP contribution in [0.25, 0.3) is 0 Å². The van der Waals surface area contributed by atoms with Crippen LogP contribution in [-0.2, 0) is 0 Å². The highest BCUT2D eigenvalue weighted by Gasteiger charge is 2.24. The first-order valence-electron chi connectivity index (χ1n) is 9.34. The largest absolute Gasteiger partial charge is 0.459 e. The summed E-state index contributed by atoms with van der Waals surface area (Å²) in [6.45, 7) is 6.84. The monoisotopic (exact) mass is 377 g/mol. The number of benzene rings is 1. The summed E-state index contributed by atoms with van der Waals surface area (Å²) in [7, 11) is 0. The number of aryl methyl sites for hydroxylation is 2. The van der Waals surface area contributed by atoms with Crippen LogP contribution in [0.4, 0.5) is 17.3 Å². The number of hydrogen-bond acceptors (Lipinski definition) is 6. The summed E-state index contributed by atoms with van der Waals surface area (Å²) in [5.41, 5.74) is 3.43. The van der Waals surface area contributed by atoms with E-state index < -0.39 is 0 Å². The summed E-state index contributed by atoms with van der Waals surface area (Å²) in [5, 5.41) is 3.37. The second kappa shape index (κ2) is 7.72. The predicted molar refractivity (Wildman–Crippen MR) is 108 cm³/mol. The van der Waals surface area contributed by atoms with Gasteiger partial charge in [-0.1, -0.05) is 17.7 Å². The second-order valence-electron chi connectivity index (χ2n) is 6.96. The van der Waals surface area contributed by atoms with Crippen molar-refractivity contribution in [3.05, 3.63) is 65.9 Å². The molecular weight excluding hydrogens is 354 g/mol. The Morgan fingerprint density at radius 1 is 1.07 bits per heavy atom. The minimum atomic E-state index is -0.0652. The maximum absolute atomic E-state index is 12.4. The third-order valence-corrected chi connectivity index (χ3v) is 4.92. The molecule has 1 aliphatic heterocycles. The molecule has 2 aromatic heterocycles. The molecule has 1 saturated heterocycles. The molecule has 4 rings (SSSR count). The summed E-state index contributed by atoms with van der Waals surface area (Å²) in [4.78, 5) is 25.1. The first-order valence-corrected chi connectivity index (χ1v) is 9.34. The van der Waals surface area contributed by atoms with Crippen molar-refractivity contribution in [2.24, 2.45) is 0 Å². The standard InChI is InChI=1S/C21H23N5O2/c1-15-5-6-17(16(2)12-15)24-19-13-20(23-14-22-19)25-7-9-26(10-8-25)21(27)18-4-3-11-28-18/h3-6,11-14H,7-10H2,1-2H3,(H,22,23,24). The van der Waals surface area contributed by atoms with Gasteiger partial charge >= 0.3 is 0 Å². The van der Waals surface area contributed by atoms with E-state index in [1.165, 1.54) is 17.4 Å². The first-order chi connectivity index (χ1) is 13.6. The number of nitrogens with one attached hydrogen (secondary N) is 1. The van der Waals surface area contributed by atoms with E-state index in [1.54, 1.807) is 18.5 Å². The zero-order valence-corrected chi connectivity index (χ0v) is 16.1. The molecule has 7 nitrogen and oxygen atoms in total. The average molecular weight is 377 g/mol. The number of carbonyl (C=O) groups excluding carboxylic acids is 1. The maximum Gasteiger partial charge on any atom is 0.289 e. The predicted octanol–water partition coefficient (Wildman–Crippen LogP) is 3.39. The number of amides is 1. The fourth-order valence-corrected chi connectivity index (χ4v) is 3.37. The molecule has 0 radical (unpaired) electrons. The van der Waals surface area contributed by atoms with Gasteiger partial charge in [-0.15, -0.1) is 0 Å². The molecule has 144 valence electrons. The Bertz CT molecular complexity index is 963. The first kappa shape index (κ1) is 18.0. The number of hydrogen-bond donors (Lipinski definition) is 1. The summed E-state index contributed by atoms with van der Waals surface area (Å²) < 4.78 is 5.22. The Hall–Kier alpha value is -3.35. The molecule has 1 aromatic carbocycles. The Morgan fingerprint density at radius 2 is 1.89 bits per heavy atom. The third-order valence-electron chi connectivity index (χ3n) is 4.92. The SMILES string of the molecule is Cc1ccc(Nc2cc(N3CCN(C(=O)c4ccco4)CC3)ncn2)c(C)c1. The van der Waals surface area contributed by atoms with E-state index in [9.17, 15) is 4.79 Å². The molecule has 0 saturated carbocycles. The smallest absolute Gasteiger partial charge is 0.289 e.